The molecule has 2 aliphatic carbocycles. The van der Waals surface area contributed by atoms with Gasteiger partial charge in [0, 0.05) is 23.8 Å². The molecule has 2 saturated carbocycles. The molecule has 0 aromatic heterocycles. The van der Waals surface area contributed by atoms with Gasteiger partial charge in [-0.3, -0.25) is 4.79 Å². The lowest BCUT2D eigenvalue weighted by atomic mass is 9.62. The highest BCUT2D eigenvalue weighted by Gasteiger charge is 2.52. The van der Waals surface area contributed by atoms with Crippen molar-refractivity contribution in [3.05, 3.63) is 35.4 Å². The molecule has 2 aliphatic rings. The SMILES string of the molecule is C[C@H](C#Cc1cccc(C(C)(C)O[Si](C)(C)C)c1)[C@H]1CC[C@H]2C(=O)CCC[C@]12C. The number of Topliss-reactive ketones (excluding diaryl/α,β-unsaturated/α-hetero) is 1. The summed E-state index contributed by atoms with van der Waals surface area (Å²) in [6, 6.07) is 8.51. The van der Waals surface area contributed by atoms with Crippen molar-refractivity contribution < 1.29 is 9.22 Å². The van der Waals surface area contributed by atoms with Crippen molar-refractivity contribution in [1.82, 2.24) is 0 Å². The van der Waals surface area contributed by atoms with Crippen LogP contribution >= 0.6 is 0 Å². The standard InChI is InChI=1S/C26H38O2Si/c1-19(22-15-16-23-24(27)12-9-17-26(22,23)4)13-14-20-10-8-11-21(18-20)25(2,3)28-29(5,6)7/h8,10-11,18-19,22-23H,9,12,15-17H2,1-7H3/t19-,22-,23+,26-/m1/s1. The molecule has 0 heterocycles. The van der Waals surface area contributed by atoms with Crippen LogP contribution in [-0.4, -0.2) is 14.1 Å². The molecule has 0 spiro atoms. The van der Waals surface area contributed by atoms with Crippen LogP contribution in [0.2, 0.25) is 19.6 Å². The van der Waals surface area contributed by atoms with Crippen molar-refractivity contribution in [2.45, 2.75) is 85.0 Å². The molecule has 0 bridgehead atoms. The highest BCUT2D eigenvalue weighted by Crippen LogP contribution is 2.56. The molecule has 0 radical (unpaired) electrons. The molecule has 1 aromatic carbocycles. The van der Waals surface area contributed by atoms with Crippen LogP contribution in [-0.2, 0) is 14.8 Å². The first-order chi connectivity index (χ1) is 13.4. The zero-order valence-electron chi connectivity index (χ0n) is 19.4. The van der Waals surface area contributed by atoms with Crippen LogP contribution in [0, 0.1) is 35.0 Å². The maximum atomic E-state index is 12.4. The molecule has 2 nitrogen and oxygen atoms in total. The van der Waals surface area contributed by atoms with E-state index in [0.29, 0.717) is 17.6 Å². The molecular weight excluding hydrogens is 372 g/mol. The minimum atomic E-state index is -1.64. The predicted octanol–water partition coefficient (Wildman–Crippen LogP) is 6.55. The number of fused-ring (bicyclic) bond motifs is 1. The van der Waals surface area contributed by atoms with Crippen molar-refractivity contribution >= 4 is 14.1 Å². The summed E-state index contributed by atoms with van der Waals surface area (Å²) in [7, 11) is -1.64. The van der Waals surface area contributed by atoms with E-state index in [1.165, 1.54) is 12.0 Å². The van der Waals surface area contributed by atoms with Crippen LogP contribution in [0.3, 0.4) is 0 Å². The largest absolute Gasteiger partial charge is 0.409 e. The quantitative estimate of drug-likeness (QED) is 0.416. The molecule has 3 heteroatoms. The average molecular weight is 411 g/mol. The van der Waals surface area contributed by atoms with Crippen LogP contribution < -0.4 is 0 Å². The third-order valence-electron chi connectivity index (χ3n) is 7.10. The molecule has 1 aromatic rings. The number of hydrogen-bond acceptors (Lipinski definition) is 2. The van der Waals surface area contributed by atoms with E-state index in [9.17, 15) is 4.79 Å². The van der Waals surface area contributed by atoms with Crippen LogP contribution in [0.1, 0.15) is 70.9 Å². The topological polar surface area (TPSA) is 26.3 Å². The lowest BCUT2D eigenvalue weighted by molar-refractivity contribution is -0.129. The van der Waals surface area contributed by atoms with Gasteiger partial charge in [-0.2, -0.15) is 0 Å². The number of ketones is 1. The van der Waals surface area contributed by atoms with E-state index in [1.807, 2.05) is 0 Å². The van der Waals surface area contributed by atoms with Gasteiger partial charge in [0.15, 0.2) is 8.32 Å². The summed E-state index contributed by atoms with van der Waals surface area (Å²) in [4.78, 5) is 12.4. The minimum Gasteiger partial charge on any atom is -0.409 e. The fraction of sp³-hybridized carbons (Fsp3) is 0.654. The number of rotatable bonds is 4. The van der Waals surface area contributed by atoms with Gasteiger partial charge in [0.1, 0.15) is 5.78 Å². The van der Waals surface area contributed by atoms with E-state index in [-0.39, 0.29) is 16.9 Å². The van der Waals surface area contributed by atoms with Crippen LogP contribution in [0.15, 0.2) is 24.3 Å². The molecule has 29 heavy (non-hydrogen) atoms. The molecular formula is C26H38O2Si. The van der Waals surface area contributed by atoms with Gasteiger partial charge in [-0.25, -0.2) is 0 Å². The second kappa shape index (κ2) is 8.04. The molecule has 158 valence electrons. The molecule has 0 aliphatic heterocycles. The van der Waals surface area contributed by atoms with E-state index in [1.54, 1.807) is 0 Å². The Hall–Kier alpha value is -1.37. The van der Waals surface area contributed by atoms with Crippen molar-refractivity contribution in [3.8, 4) is 11.8 Å². The van der Waals surface area contributed by atoms with Crippen LogP contribution in [0.25, 0.3) is 0 Å². The van der Waals surface area contributed by atoms with Gasteiger partial charge in [0.05, 0.1) is 5.60 Å². The molecule has 0 amide bonds. The van der Waals surface area contributed by atoms with Gasteiger partial charge in [-0.15, -0.1) is 0 Å². The van der Waals surface area contributed by atoms with Gasteiger partial charge in [-0.1, -0.05) is 37.8 Å². The summed E-state index contributed by atoms with van der Waals surface area (Å²) in [6.45, 7) is 15.6. The summed E-state index contributed by atoms with van der Waals surface area (Å²) in [5.41, 5.74) is 2.09. The smallest absolute Gasteiger partial charge is 0.184 e. The monoisotopic (exact) mass is 410 g/mol. The minimum absolute atomic E-state index is 0.151. The van der Waals surface area contributed by atoms with Crippen molar-refractivity contribution in [1.29, 1.82) is 0 Å². The van der Waals surface area contributed by atoms with E-state index in [2.05, 4.69) is 83.4 Å². The first-order valence-corrected chi connectivity index (χ1v) is 14.7. The summed E-state index contributed by atoms with van der Waals surface area (Å²) in [5.74, 6) is 8.60. The number of carbonyl (C=O) groups excluding carboxylic acids is 1. The van der Waals surface area contributed by atoms with E-state index in [0.717, 1.165) is 31.2 Å². The molecule has 0 N–H and O–H groups in total. The Morgan fingerprint density at radius 3 is 2.66 bits per heavy atom. The van der Waals surface area contributed by atoms with Crippen molar-refractivity contribution in [2.24, 2.45) is 23.2 Å². The molecule has 0 unspecified atom stereocenters. The van der Waals surface area contributed by atoms with Crippen LogP contribution in [0.5, 0.6) is 0 Å². The van der Waals surface area contributed by atoms with Gasteiger partial charge in [0.2, 0.25) is 0 Å². The van der Waals surface area contributed by atoms with E-state index >= 15 is 0 Å². The lowest BCUT2D eigenvalue weighted by Gasteiger charge is -2.41. The third kappa shape index (κ3) is 4.86. The zero-order valence-corrected chi connectivity index (χ0v) is 20.4. The first kappa shape index (κ1) is 22.3. The number of benzene rings is 1. The number of hydrogen-bond donors (Lipinski definition) is 0. The first-order valence-electron chi connectivity index (χ1n) is 11.3. The Balaban J connectivity index is 1.77. The molecule has 0 saturated heterocycles. The van der Waals surface area contributed by atoms with Gasteiger partial charge in [0.25, 0.3) is 0 Å². The average Bonchev–Trinajstić information content (AvgIpc) is 2.96. The van der Waals surface area contributed by atoms with Crippen molar-refractivity contribution in [3.63, 3.8) is 0 Å². The Morgan fingerprint density at radius 2 is 1.97 bits per heavy atom. The Kier molecular flexibility index (Phi) is 6.19. The second-order valence-corrected chi connectivity index (χ2v) is 15.4. The molecule has 3 rings (SSSR count). The fourth-order valence-electron chi connectivity index (χ4n) is 5.88. The van der Waals surface area contributed by atoms with Gasteiger partial charge >= 0.3 is 0 Å². The van der Waals surface area contributed by atoms with Crippen molar-refractivity contribution in [2.75, 3.05) is 0 Å². The molecule has 2 fully saturated rings. The predicted molar refractivity (Wildman–Crippen MR) is 123 cm³/mol. The zero-order chi connectivity index (χ0) is 21.4. The Bertz CT molecular complexity index is 823. The number of carbonyl (C=O) groups is 1. The fourth-order valence-corrected chi connectivity index (χ4v) is 7.53. The maximum Gasteiger partial charge on any atom is 0.184 e. The van der Waals surface area contributed by atoms with Crippen LogP contribution in [0.4, 0.5) is 0 Å². The molecule has 4 atom stereocenters. The van der Waals surface area contributed by atoms with Gasteiger partial charge < -0.3 is 4.43 Å². The lowest BCUT2D eigenvalue weighted by Crippen LogP contribution is -2.39. The third-order valence-corrected chi connectivity index (χ3v) is 8.23. The Labute approximate surface area is 178 Å². The summed E-state index contributed by atoms with van der Waals surface area (Å²) < 4.78 is 6.41. The Morgan fingerprint density at radius 1 is 1.24 bits per heavy atom. The highest BCUT2D eigenvalue weighted by molar-refractivity contribution is 6.69. The highest BCUT2D eigenvalue weighted by atomic mass is 28.4. The summed E-state index contributed by atoms with van der Waals surface area (Å²) >= 11 is 0. The maximum absolute atomic E-state index is 12.4. The summed E-state index contributed by atoms with van der Waals surface area (Å²) in [6.07, 6.45) is 5.22. The van der Waals surface area contributed by atoms with E-state index in [4.69, 9.17) is 4.43 Å². The van der Waals surface area contributed by atoms with E-state index < -0.39 is 8.32 Å². The summed E-state index contributed by atoms with van der Waals surface area (Å²) in [5, 5.41) is 0. The van der Waals surface area contributed by atoms with Gasteiger partial charge in [-0.05, 0) is 88.2 Å². The second-order valence-electron chi connectivity index (χ2n) is 10.9. The normalized spacial score (nSPS) is 28.4.